The van der Waals surface area contributed by atoms with E-state index in [9.17, 15) is 0 Å². The van der Waals surface area contributed by atoms with Gasteiger partial charge in [0.15, 0.2) is 0 Å². The molecule has 0 bridgehead atoms. The molecule has 0 saturated heterocycles. The molecule has 19 heavy (non-hydrogen) atoms. The van der Waals surface area contributed by atoms with Crippen molar-refractivity contribution in [3.8, 4) is 5.75 Å². The Morgan fingerprint density at radius 2 is 1.84 bits per heavy atom. The molecule has 94 valence electrons. The highest BCUT2D eigenvalue weighted by molar-refractivity contribution is 9.10. The van der Waals surface area contributed by atoms with Gasteiger partial charge in [-0.15, -0.1) is 0 Å². The fourth-order valence-electron chi connectivity index (χ4n) is 1.92. The Morgan fingerprint density at radius 1 is 1.00 bits per heavy atom. The maximum absolute atomic E-state index is 5.78. The van der Waals surface area contributed by atoms with Crippen molar-refractivity contribution in [3.63, 3.8) is 0 Å². The summed E-state index contributed by atoms with van der Waals surface area (Å²) in [4.78, 5) is 4.35. The van der Waals surface area contributed by atoms with Gasteiger partial charge < -0.3 is 4.74 Å². The quantitative estimate of drug-likeness (QED) is 0.706. The summed E-state index contributed by atoms with van der Waals surface area (Å²) in [5.74, 6) is 0.835. The molecule has 2 aromatic carbocycles. The smallest absolute Gasteiger partial charge is 0.122 e. The molecular formula is C16H12BrNO. The second-order valence-electron chi connectivity index (χ2n) is 4.25. The average molecular weight is 314 g/mol. The average Bonchev–Trinajstić information content (AvgIpc) is 2.46. The van der Waals surface area contributed by atoms with Crippen LogP contribution in [0.5, 0.6) is 5.75 Å². The molecule has 3 rings (SSSR count). The summed E-state index contributed by atoms with van der Waals surface area (Å²) in [6.07, 6.45) is 1.79. The van der Waals surface area contributed by atoms with E-state index in [1.807, 2.05) is 42.5 Å². The van der Waals surface area contributed by atoms with Gasteiger partial charge in [-0.2, -0.15) is 0 Å². The first kappa shape index (κ1) is 12.2. The summed E-state index contributed by atoms with van der Waals surface area (Å²) in [5, 5.41) is 1.09. The van der Waals surface area contributed by atoms with Crippen LogP contribution >= 0.6 is 15.9 Å². The Kier molecular flexibility index (Phi) is 3.47. The van der Waals surface area contributed by atoms with E-state index in [1.54, 1.807) is 6.20 Å². The number of aromatic nitrogens is 1. The van der Waals surface area contributed by atoms with Gasteiger partial charge in [0.2, 0.25) is 0 Å². The van der Waals surface area contributed by atoms with Crippen molar-refractivity contribution in [2.45, 2.75) is 6.61 Å². The van der Waals surface area contributed by atoms with Crippen LogP contribution in [0, 0.1) is 0 Å². The van der Waals surface area contributed by atoms with Crippen molar-refractivity contribution in [2.24, 2.45) is 0 Å². The first-order valence-corrected chi connectivity index (χ1v) is 6.83. The highest BCUT2D eigenvalue weighted by Crippen LogP contribution is 2.25. The lowest BCUT2D eigenvalue weighted by molar-refractivity contribution is 0.306. The lowest BCUT2D eigenvalue weighted by Gasteiger charge is -2.07. The number of benzene rings is 2. The third-order valence-electron chi connectivity index (χ3n) is 2.91. The number of rotatable bonds is 3. The van der Waals surface area contributed by atoms with Crippen molar-refractivity contribution in [1.82, 2.24) is 4.98 Å². The van der Waals surface area contributed by atoms with Gasteiger partial charge in [-0.1, -0.05) is 46.3 Å². The van der Waals surface area contributed by atoms with Crippen molar-refractivity contribution in [2.75, 3.05) is 0 Å². The van der Waals surface area contributed by atoms with Crippen LogP contribution in [-0.2, 0) is 6.61 Å². The van der Waals surface area contributed by atoms with Crippen LogP contribution in [0.25, 0.3) is 10.9 Å². The van der Waals surface area contributed by atoms with E-state index in [0.29, 0.717) is 6.61 Å². The highest BCUT2D eigenvalue weighted by Gasteiger charge is 2.02. The molecule has 0 saturated carbocycles. The lowest BCUT2D eigenvalue weighted by Crippen LogP contribution is -1.95. The summed E-state index contributed by atoms with van der Waals surface area (Å²) in [7, 11) is 0. The van der Waals surface area contributed by atoms with E-state index in [2.05, 4.69) is 33.0 Å². The molecule has 0 radical (unpaired) electrons. The molecule has 0 unspecified atom stereocenters. The van der Waals surface area contributed by atoms with E-state index < -0.39 is 0 Å². The third-order valence-corrected chi connectivity index (χ3v) is 3.60. The van der Waals surface area contributed by atoms with Crippen LogP contribution in [0.15, 0.2) is 65.3 Å². The second-order valence-corrected chi connectivity index (χ2v) is 5.10. The third kappa shape index (κ3) is 2.76. The number of halogens is 1. The molecule has 0 atom stereocenters. The largest absolute Gasteiger partial charge is 0.489 e. The molecule has 0 amide bonds. The van der Waals surface area contributed by atoms with E-state index in [0.717, 1.165) is 26.7 Å². The topological polar surface area (TPSA) is 22.1 Å². The molecule has 3 aromatic rings. The fraction of sp³-hybridized carbons (Fsp3) is 0.0625. The fourth-order valence-corrected chi connectivity index (χ4v) is 2.38. The van der Waals surface area contributed by atoms with Gasteiger partial charge in [0.1, 0.15) is 12.4 Å². The molecule has 0 aliphatic rings. The predicted octanol–water partition coefficient (Wildman–Crippen LogP) is 4.58. The van der Waals surface area contributed by atoms with Gasteiger partial charge in [-0.3, -0.25) is 4.98 Å². The maximum Gasteiger partial charge on any atom is 0.122 e. The summed E-state index contributed by atoms with van der Waals surface area (Å²) in [5.41, 5.74) is 2.09. The lowest BCUT2D eigenvalue weighted by atomic mass is 10.2. The van der Waals surface area contributed by atoms with E-state index in [1.165, 1.54) is 0 Å². The van der Waals surface area contributed by atoms with Gasteiger partial charge in [0.05, 0.1) is 5.52 Å². The van der Waals surface area contributed by atoms with Gasteiger partial charge >= 0.3 is 0 Å². The van der Waals surface area contributed by atoms with E-state index in [-0.39, 0.29) is 0 Å². The van der Waals surface area contributed by atoms with Crippen LogP contribution in [0.4, 0.5) is 0 Å². The van der Waals surface area contributed by atoms with Crippen LogP contribution < -0.4 is 4.74 Å². The van der Waals surface area contributed by atoms with Crippen molar-refractivity contribution < 1.29 is 4.74 Å². The monoisotopic (exact) mass is 313 g/mol. The Hall–Kier alpha value is -1.87. The standard InChI is InChI=1S/C16H12BrNO/c17-15-8-9-18-16-10-13(6-7-14(15)16)19-11-12-4-2-1-3-5-12/h1-10H,11H2. The normalized spacial score (nSPS) is 10.6. The number of hydrogen-bond acceptors (Lipinski definition) is 2. The van der Waals surface area contributed by atoms with Crippen LogP contribution in [0.1, 0.15) is 5.56 Å². The maximum atomic E-state index is 5.78. The number of pyridine rings is 1. The van der Waals surface area contributed by atoms with Crippen LogP contribution in [-0.4, -0.2) is 4.98 Å². The molecule has 0 fully saturated rings. The first-order valence-electron chi connectivity index (χ1n) is 6.04. The number of ether oxygens (including phenoxy) is 1. The minimum absolute atomic E-state index is 0.570. The second kappa shape index (κ2) is 5.41. The highest BCUT2D eigenvalue weighted by atomic mass is 79.9. The zero-order valence-electron chi connectivity index (χ0n) is 10.2. The first-order chi connectivity index (χ1) is 9.33. The van der Waals surface area contributed by atoms with Gasteiger partial charge in [-0.25, -0.2) is 0 Å². The van der Waals surface area contributed by atoms with Gasteiger partial charge in [0, 0.05) is 22.1 Å². The molecule has 0 spiro atoms. The van der Waals surface area contributed by atoms with Crippen molar-refractivity contribution in [1.29, 1.82) is 0 Å². The molecule has 0 N–H and O–H groups in total. The van der Waals surface area contributed by atoms with E-state index >= 15 is 0 Å². The summed E-state index contributed by atoms with van der Waals surface area (Å²) >= 11 is 3.52. The zero-order valence-corrected chi connectivity index (χ0v) is 11.8. The minimum Gasteiger partial charge on any atom is -0.489 e. The zero-order chi connectivity index (χ0) is 13.1. The molecule has 0 aliphatic carbocycles. The molecular weight excluding hydrogens is 302 g/mol. The molecule has 3 heteroatoms. The molecule has 0 aliphatic heterocycles. The molecule has 1 heterocycles. The number of hydrogen-bond donors (Lipinski definition) is 0. The SMILES string of the molecule is Brc1ccnc2cc(OCc3ccccc3)ccc12. The van der Waals surface area contributed by atoms with Crippen LogP contribution in [0.2, 0.25) is 0 Å². The predicted molar refractivity (Wildman–Crippen MR) is 80.2 cm³/mol. The Morgan fingerprint density at radius 3 is 2.68 bits per heavy atom. The summed E-state index contributed by atoms with van der Waals surface area (Å²) in [6, 6.07) is 18.0. The van der Waals surface area contributed by atoms with Crippen molar-refractivity contribution >= 4 is 26.8 Å². The minimum atomic E-state index is 0.570. The number of nitrogens with zero attached hydrogens (tertiary/aromatic N) is 1. The van der Waals surface area contributed by atoms with Gasteiger partial charge in [0.25, 0.3) is 0 Å². The summed E-state index contributed by atoms with van der Waals surface area (Å²) < 4.78 is 6.83. The Bertz CT molecular complexity index is 697. The summed E-state index contributed by atoms with van der Waals surface area (Å²) in [6.45, 7) is 0.570. The Balaban J connectivity index is 1.82. The molecule has 1 aromatic heterocycles. The number of fused-ring (bicyclic) bond motifs is 1. The van der Waals surface area contributed by atoms with Crippen LogP contribution in [0.3, 0.4) is 0 Å². The Labute approximate surface area is 120 Å². The van der Waals surface area contributed by atoms with Gasteiger partial charge in [-0.05, 0) is 23.8 Å². The van der Waals surface area contributed by atoms with E-state index in [4.69, 9.17) is 4.74 Å². The molecule has 2 nitrogen and oxygen atoms in total. The van der Waals surface area contributed by atoms with Crippen molar-refractivity contribution in [3.05, 3.63) is 70.8 Å².